The summed E-state index contributed by atoms with van der Waals surface area (Å²) in [7, 11) is 0. The predicted octanol–water partition coefficient (Wildman–Crippen LogP) is 2.88. The number of hydrogen-bond donors (Lipinski definition) is 2. The van der Waals surface area contributed by atoms with E-state index in [-0.39, 0.29) is 28.1 Å². The fraction of sp³-hybridized carbons (Fsp3) is 0.533. The lowest BCUT2D eigenvalue weighted by molar-refractivity contribution is 0.0853. The van der Waals surface area contributed by atoms with Gasteiger partial charge in [0, 0.05) is 11.6 Å². The summed E-state index contributed by atoms with van der Waals surface area (Å²) in [4.78, 5) is 12.2. The molecule has 1 aliphatic carbocycles. The molecule has 2 aliphatic rings. The van der Waals surface area contributed by atoms with Crippen LogP contribution < -0.4 is 10.6 Å². The van der Waals surface area contributed by atoms with Crippen molar-refractivity contribution in [1.82, 2.24) is 10.6 Å². The van der Waals surface area contributed by atoms with Crippen LogP contribution in [0.4, 0.5) is 4.39 Å². The SMILES string of the molecule is O=C(NC1CCNC2(CCC2)C1)c1cccc(F)c1Cl. The summed E-state index contributed by atoms with van der Waals surface area (Å²) in [5.41, 5.74) is 0.440. The quantitative estimate of drug-likeness (QED) is 0.881. The molecule has 3 nitrogen and oxygen atoms in total. The van der Waals surface area contributed by atoms with Crippen LogP contribution in [0.25, 0.3) is 0 Å². The minimum absolute atomic E-state index is 0.0997. The molecule has 1 atom stereocenters. The first kappa shape index (κ1) is 13.8. The molecular formula is C15H18ClFN2O. The van der Waals surface area contributed by atoms with Crippen LogP contribution in [-0.2, 0) is 0 Å². The maximum atomic E-state index is 13.4. The average Bonchev–Trinajstić information content (AvgIpc) is 2.40. The maximum absolute atomic E-state index is 13.4. The van der Waals surface area contributed by atoms with Crippen LogP contribution in [0.15, 0.2) is 18.2 Å². The number of carbonyl (C=O) groups is 1. The summed E-state index contributed by atoms with van der Waals surface area (Å²) in [6.45, 7) is 0.918. The van der Waals surface area contributed by atoms with Crippen molar-refractivity contribution in [2.24, 2.45) is 0 Å². The zero-order chi connectivity index (χ0) is 14.2. The van der Waals surface area contributed by atoms with Crippen molar-refractivity contribution >= 4 is 17.5 Å². The predicted molar refractivity (Wildman–Crippen MR) is 76.5 cm³/mol. The summed E-state index contributed by atoms with van der Waals surface area (Å²) in [6.07, 6.45) is 5.47. The van der Waals surface area contributed by atoms with Crippen molar-refractivity contribution in [2.75, 3.05) is 6.54 Å². The van der Waals surface area contributed by atoms with E-state index in [2.05, 4.69) is 10.6 Å². The van der Waals surface area contributed by atoms with Crippen LogP contribution in [0, 0.1) is 5.82 Å². The van der Waals surface area contributed by atoms with E-state index >= 15 is 0 Å². The number of nitrogens with one attached hydrogen (secondary N) is 2. The number of rotatable bonds is 2. The van der Waals surface area contributed by atoms with Gasteiger partial charge < -0.3 is 10.6 Å². The van der Waals surface area contributed by atoms with Gasteiger partial charge in [-0.1, -0.05) is 17.7 Å². The zero-order valence-corrected chi connectivity index (χ0v) is 12.0. The minimum atomic E-state index is -0.555. The van der Waals surface area contributed by atoms with Gasteiger partial charge in [-0.2, -0.15) is 0 Å². The summed E-state index contributed by atoms with van der Waals surface area (Å²) in [5.74, 6) is -0.837. The minimum Gasteiger partial charge on any atom is -0.349 e. The van der Waals surface area contributed by atoms with E-state index in [1.165, 1.54) is 31.4 Å². The summed E-state index contributed by atoms with van der Waals surface area (Å²) in [5, 5.41) is 6.45. The Morgan fingerprint density at radius 3 is 2.95 bits per heavy atom. The molecule has 1 heterocycles. The van der Waals surface area contributed by atoms with Gasteiger partial charge in [-0.05, 0) is 50.8 Å². The number of amides is 1. The van der Waals surface area contributed by atoms with Gasteiger partial charge >= 0.3 is 0 Å². The molecule has 1 saturated heterocycles. The van der Waals surface area contributed by atoms with E-state index in [9.17, 15) is 9.18 Å². The maximum Gasteiger partial charge on any atom is 0.253 e. The van der Waals surface area contributed by atoms with Gasteiger partial charge in [-0.3, -0.25) is 4.79 Å². The van der Waals surface area contributed by atoms with E-state index in [1.54, 1.807) is 6.07 Å². The van der Waals surface area contributed by atoms with Crippen molar-refractivity contribution < 1.29 is 9.18 Å². The highest BCUT2D eigenvalue weighted by Crippen LogP contribution is 2.38. The normalized spacial score (nSPS) is 24.2. The smallest absolute Gasteiger partial charge is 0.253 e. The first-order valence-electron chi connectivity index (χ1n) is 7.10. The van der Waals surface area contributed by atoms with Gasteiger partial charge in [0.1, 0.15) is 5.82 Å². The molecule has 1 aromatic rings. The van der Waals surface area contributed by atoms with Gasteiger partial charge in [0.05, 0.1) is 10.6 Å². The van der Waals surface area contributed by atoms with Crippen LogP contribution in [0.5, 0.6) is 0 Å². The Bertz CT molecular complexity index is 531. The topological polar surface area (TPSA) is 41.1 Å². The number of carbonyl (C=O) groups excluding carboxylic acids is 1. The number of benzene rings is 1. The average molecular weight is 297 g/mol. The molecule has 20 heavy (non-hydrogen) atoms. The van der Waals surface area contributed by atoms with Crippen molar-refractivity contribution in [2.45, 2.75) is 43.7 Å². The lowest BCUT2D eigenvalue weighted by atomic mass is 9.70. The molecule has 1 saturated carbocycles. The lowest BCUT2D eigenvalue weighted by Crippen LogP contribution is -2.59. The molecule has 2 fully saturated rings. The van der Waals surface area contributed by atoms with Crippen LogP contribution >= 0.6 is 11.6 Å². The van der Waals surface area contributed by atoms with Gasteiger partial charge in [0.15, 0.2) is 0 Å². The highest BCUT2D eigenvalue weighted by molar-refractivity contribution is 6.34. The third kappa shape index (κ3) is 2.54. The highest BCUT2D eigenvalue weighted by atomic mass is 35.5. The molecule has 0 radical (unpaired) electrons. The largest absolute Gasteiger partial charge is 0.349 e. The molecule has 1 aromatic carbocycles. The molecule has 1 aliphatic heterocycles. The Balaban J connectivity index is 1.68. The van der Waals surface area contributed by atoms with Crippen molar-refractivity contribution in [3.05, 3.63) is 34.6 Å². The number of halogens is 2. The monoisotopic (exact) mass is 296 g/mol. The molecule has 5 heteroatoms. The fourth-order valence-corrected chi connectivity index (χ4v) is 3.42. The molecule has 1 amide bonds. The van der Waals surface area contributed by atoms with Crippen LogP contribution in [0.3, 0.4) is 0 Å². The number of piperidine rings is 1. The van der Waals surface area contributed by atoms with Crippen molar-refractivity contribution in [3.8, 4) is 0 Å². The second-order valence-electron chi connectivity index (χ2n) is 5.83. The van der Waals surface area contributed by atoms with Gasteiger partial charge in [-0.15, -0.1) is 0 Å². The van der Waals surface area contributed by atoms with E-state index in [4.69, 9.17) is 11.6 Å². The van der Waals surface area contributed by atoms with E-state index in [0.29, 0.717) is 0 Å². The summed E-state index contributed by atoms with van der Waals surface area (Å²) in [6, 6.07) is 4.46. The first-order valence-corrected chi connectivity index (χ1v) is 7.47. The highest BCUT2D eigenvalue weighted by Gasteiger charge is 2.41. The zero-order valence-electron chi connectivity index (χ0n) is 11.2. The first-order chi connectivity index (χ1) is 9.60. The van der Waals surface area contributed by atoms with E-state index < -0.39 is 5.82 Å². The third-order valence-electron chi connectivity index (χ3n) is 4.47. The molecule has 3 rings (SSSR count). The second-order valence-corrected chi connectivity index (χ2v) is 6.20. The number of hydrogen-bond acceptors (Lipinski definition) is 2. The molecule has 1 spiro atoms. The molecule has 0 aromatic heterocycles. The van der Waals surface area contributed by atoms with Gasteiger partial charge in [0.25, 0.3) is 5.91 Å². The van der Waals surface area contributed by atoms with Crippen molar-refractivity contribution in [1.29, 1.82) is 0 Å². The molecule has 108 valence electrons. The Morgan fingerprint density at radius 2 is 2.25 bits per heavy atom. The Kier molecular flexibility index (Phi) is 3.69. The standard InChI is InChI=1S/C15H18ClFN2O/c16-13-11(3-1-4-12(13)17)14(20)19-10-5-8-18-15(9-10)6-2-7-15/h1,3-4,10,18H,2,5-9H2,(H,19,20). The van der Waals surface area contributed by atoms with Gasteiger partial charge in [0.2, 0.25) is 0 Å². The fourth-order valence-electron chi connectivity index (χ4n) is 3.21. The van der Waals surface area contributed by atoms with Crippen LogP contribution in [0.2, 0.25) is 5.02 Å². The molecule has 2 N–H and O–H groups in total. The van der Waals surface area contributed by atoms with Crippen LogP contribution in [0.1, 0.15) is 42.5 Å². The van der Waals surface area contributed by atoms with Crippen molar-refractivity contribution in [3.63, 3.8) is 0 Å². The lowest BCUT2D eigenvalue weighted by Gasteiger charge is -2.48. The Labute approximate surface area is 122 Å². The molecule has 0 bridgehead atoms. The third-order valence-corrected chi connectivity index (χ3v) is 4.86. The van der Waals surface area contributed by atoms with E-state index in [0.717, 1.165) is 19.4 Å². The van der Waals surface area contributed by atoms with E-state index in [1.807, 2.05) is 0 Å². The Hall–Kier alpha value is -1.13. The Morgan fingerprint density at radius 1 is 1.45 bits per heavy atom. The summed E-state index contributed by atoms with van der Waals surface area (Å²) >= 11 is 5.85. The molecular weight excluding hydrogens is 279 g/mol. The van der Waals surface area contributed by atoms with Gasteiger partial charge in [-0.25, -0.2) is 4.39 Å². The summed E-state index contributed by atoms with van der Waals surface area (Å²) < 4.78 is 13.4. The molecule has 1 unspecified atom stereocenters. The second kappa shape index (κ2) is 5.34. The van der Waals surface area contributed by atoms with Crippen LogP contribution in [-0.4, -0.2) is 24.0 Å².